The summed E-state index contributed by atoms with van der Waals surface area (Å²) in [4.78, 5) is 36.2. The molecule has 0 saturated carbocycles. The minimum absolute atomic E-state index is 0.0703. The van der Waals surface area contributed by atoms with Crippen LogP contribution in [0.15, 0.2) is 72.4 Å². The van der Waals surface area contributed by atoms with Crippen molar-refractivity contribution in [3.05, 3.63) is 105 Å². The molecule has 0 bridgehead atoms. The largest absolute Gasteiger partial charge is 0.497 e. The number of hydrogen-bond acceptors (Lipinski definition) is 5. The molecular formula is C23H17ClFN3O5. The van der Waals surface area contributed by atoms with E-state index in [0.717, 1.165) is 6.07 Å². The van der Waals surface area contributed by atoms with Crippen LogP contribution in [0.25, 0.3) is 6.08 Å². The fourth-order valence-electron chi connectivity index (χ4n) is 2.81. The number of carbonyl (C=O) groups is 2. The number of ether oxygens (including phenoxy) is 1. The molecule has 2 N–H and O–H groups in total. The van der Waals surface area contributed by atoms with Gasteiger partial charge in [-0.3, -0.25) is 19.7 Å². The molecule has 0 aromatic heterocycles. The summed E-state index contributed by atoms with van der Waals surface area (Å²) in [6.45, 7) is 0. The number of nitro benzene ring substituents is 1. The highest BCUT2D eigenvalue weighted by atomic mass is 35.5. The average molecular weight is 470 g/mol. The third kappa shape index (κ3) is 6.14. The van der Waals surface area contributed by atoms with E-state index < -0.39 is 22.6 Å². The van der Waals surface area contributed by atoms with Crippen molar-refractivity contribution in [2.24, 2.45) is 0 Å². The maximum absolute atomic E-state index is 13.5. The van der Waals surface area contributed by atoms with Crippen molar-refractivity contribution in [1.29, 1.82) is 0 Å². The van der Waals surface area contributed by atoms with Crippen LogP contribution in [0.5, 0.6) is 5.75 Å². The molecule has 0 saturated heterocycles. The summed E-state index contributed by atoms with van der Waals surface area (Å²) in [6, 6.07) is 15.1. The third-order valence-corrected chi connectivity index (χ3v) is 4.70. The zero-order chi connectivity index (χ0) is 24.0. The van der Waals surface area contributed by atoms with Gasteiger partial charge in [0.15, 0.2) is 0 Å². The topological polar surface area (TPSA) is 111 Å². The predicted octanol–water partition coefficient (Wildman–Crippen LogP) is 4.81. The lowest BCUT2D eigenvalue weighted by atomic mass is 10.1. The third-order valence-electron chi connectivity index (χ3n) is 4.39. The van der Waals surface area contributed by atoms with Gasteiger partial charge in [-0.1, -0.05) is 29.8 Å². The Morgan fingerprint density at radius 1 is 1.09 bits per heavy atom. The molecule has 10 heteroatoms. The minimum Gasteiger partial charge on any atom is -0.497 e. The normalized spacial score (nSPS) is 10.9. The highest BCUT2D eigenvalue weighted by molar-refractivity contribution is 6.34. The molecule has 3 aromatic carbocycles. The summed E-state index contributed by atoms with van der Waals surface area (Å²) in [5.74, 6) is -1.60. The van der Waals surface area contributed by atoms with Crippen LogP contribution in [-0.2, 0) is 4.79 Å². The molecule has 2 amide bonds. The van der Waals surface area contributed by atoms with E-state index in [4.69, 9.17) is 16.3 Å². The van der Waals surface area contributed by atoms with E-state index in [1.165, 1.54) is 73.8 Å². The van der Waals surface area contributed by atoms with Gasteiger partial charge in [-0.15, -0.1) is 0 Å². The van der Waals surface area contributed by atoms with Gasteiger partial charge in [-0.05, 0) is 48.0 Å². The Hall–Kier alpha value is -4.24. The van der Waals surface area contributed by atoms with Crippen LogP contribution < -0.4 is 15.4 Å². The van der Waals surface area contributed by atoms with Crippen molar-refractivity contribution in [2.75, 3.05) is 12.4 Å². The summed E-state index contributed by atoms with van der Waals surface area (Å²) < 4.78 is 18.6. The van der Waals surface area contributed by atoms with Gasteiger partial charge in [0, 0.05) is 17.8 Å². The lowest BCUT2D eigenvalue weighted by Gasteiger charge is -2.12. The van der Waals surface area contributed by atoms with E-state index in [-0.39, 0.29) is 33.2 Å². The van der Waals surface area contributed by atoms with E-state index in [1.807, 2.05) is 0 Å². The number of halogens is 2. The monoisotopic (exact) mass is 469 g/mol. The standard InChI is InChI=1S/C23H17ClFN3O5/c1-33-18-8-9-19(20(24)13-18)22(29)27-21(11-14-4-2-7-17(10-14)28(31)32)23(30)26-16-6-3-5-15(25)12-16/h2-13H,1H3,(H,26,30)(H,27,29)/b21-11+. The summed E-state index contributed by atoms with van der Waals surface area (Å²) in [5.41, 5.74) is 0.0761. The quantitative estimate of drug-likeness (QED) is 0.293. The predicted molar refractivity (Wildman–Crippen MR) is 122 cm³/mol. The van der Waals surface area contributed by atoms with Crippen molar-refractivity contribution in [2.45, 2.75) is 0 Å². The summed E-state index contributed by atoms with van der Waals surface area (Å²) in [5, 5.41) is 16.1. The Morgan fingerprint density at radius 2 is 1.85 bits per heavy atom. The second-order valence-corrected chi connectivity index (χ2v) is 7.08. The van der Waals surface area contributed by atoms with Gasteiger partial charge in [0.1, 0.15) is 17.3 Å². The first-order chi connectivity index (χ1) is 15.8. The Labute approximate surface area is 192 Å². The first kappa shape index (κ1) is 23.4. The molecule has 0 heterocycles. The number of nitrogens with zero attached hydrogens (tertiary/aromatic N) is 1. The second kappa shape index (κ2) is 10.4. The highest BCUT2D eigenvalue weighted by Crippen LogP contribution is 2.23. The van der Waals surface area contributed by atoms with E-state index >= 15 is 0 Å². The zero-order valence-electron chi connectivity index (χ0n) is 17.2. The fraction of sp³-hybridized carbons (Fsp3) is 0.0435. The number of rotatable bonds is 7. The molecule has 0 aliphatic carbocycles. The van der Waals surface area contributed by atoms with Crippen molar-refractivity contribution < 1.29 is 23.6 Å². The molecular weight excluding hydrogens is 453 g/mol. The summed E-state index contributed by atoms with van der Waals surface area (Å²) in [7, 11) is 1.45. The Morgan fingerprint density at radius 3 is 2.52 bits per heavy atom. The summed E-state index contributed by atoms with van der Waals surface area (Å²) >= 11 is 6.15. The van der Waals surface area contributed by atoms with Crippen LogP contribution in [0.1, 0.15) is 15.9 Å². The van der Waals surface area contributed by atoms with Gasteiger partial charge in [0.25, 0.3) is 17.5 Å². The zero-order valence-corrected chi connectivity index (χ0v) is 17.9. The van der Waals surface area contributed by atoms with Gasteiger partial charge in [0.2, 0.25) is 0 Å². The number of hydrogen-bond donors (Lipinski definition) is 2. The van der Waals surface area contributed by atoms with Gasteiger partial charge in [-0.25, -0.2) is 4.39 Å². The first-order valence-corrected chi connectivity index (χ1v) is 9.82. The van der Waals surface area contributed by atoms with Crippen molar-refractivity contribution in [3.8, 4) is 5.75 Å². The maximum Gasteiger partial charge on any atom is 0.272 e. The van der Waals surface area contributed by atoms with Gasteiger partial charge in [-0.2, -0.15) is 0 Å². The minimum atomic E-state index is -0.773. The molecule has 8 nitrogen and oxygen atoms in total. The van der Waals surface area contributed by atoms with Crippen LogP contribution >= 0.6 is 11.6 Å². The number of benzene rings is 3. The van der Waals surface area contributed by atoms with E-state index in [9.17, 15) is 24.1 Å². The smallest absolute Gasteiger partial charge is 0.272 e. The van der Waals surface area contributed by atoms with E-state index in [0.29, 0.717) is 5.75 Å². The summed E-state index contributed by atoms with van der Waals surface area (Å²) in [6.07, 6.45) is 1.26. The van der Waals surface area contributed by atoms with Crippen molar-refractivity contribution in [3.63, 3.8) is 0 Å². The van der Waals surface area contributed by atoms with Crippen LogP contribution in [0.4, 0.5) is 15.8 Å². The molecule has 3 aromatic rings. The van der Waals surface area contributed by atoms with Crippen molar-refractivity contribution >= 4 is 40.9 Å². The maximum atomic E-state index is 13.5. The molecule has 0 spiro atoms. The lowest BCUT2D eigenvalue weighted by molar-refractivity contribution is -0.384. The average Bonchev–Trinajstić information content (AvgIpc) is 2.78. The fourth-order valence-corrected chi connectivity index (χ4v) is 3.07. The van der Waals surface area contributed by atoms with Gasteiger partial charge >= 0.3 is 0 Å². The second-order valence-electron chi connectivity index (χ2n) is 6.67. The van der Waals surface area contributed by atoms with E-state index in [1.54, 1.807) is 0 Å². The first-order valence-electron chi connectivity index (χ1n) is 9.45. The number of methoxy groups -OCH3 is 1. The number of nitrogens with one attached hydrogen (secondary N) is 2. The van der Waals surface area contributed by atoms with Crippen LogP contribution in [0.2, 0.25) is 5.02 Å². The molecule has 33 heavy (non-hydrogen) atoms. The van der Waals surface area contributed by atoms with E-state index in [2.05, 4.69) is 10.6 Å². The molecule has 0 atom stereocenters. The molecule has 0 radical (unpaired) electrons. The van der Waals surface area contributed by atoms with Crippen LogP contribution in [0.3, 0.4) is 0 Å². The molecule has 3 rings (SSSR count). The van der Waals surface area contributed by atoms with Crippen LogP contribution in [0, 0.1) is 15.9 Å². The number of anilines is 1. The van der Waals surface area contributed by atoms with Crippen LogP contribution in [-0.4, -0.2) is 23.8 Å². The Kier molecular flexibility index (Phi) is 7.37. The number of non-ortho nitro benzene ring substituents is 1. The molecule has 0 aliphatic rings. The number of nitro groups is 1. The number of carbonyl (C=O) groups excluding carboxylic acids is 2. The SMILES string of the molecule is COc1ccc(C(=O)N/C(=C/c2cccc([N+](=O)[O-])c2)C(=O)Nc2cccc(F)c2)c(Cl)c1. The molecule has 168 valence electrons. The molecule has 0 unspecified atom stereocenters. The molecule has 0 fully saturated rings. The van der Waals surface area contributed by atoms with Gasteiger partial charge < -0.3 is 15.4 Å². The number of amides is 2. The molecule has 0 aliphatic heterocycles. The highest BCUT2D eigenvalue weighted by Gasteiger charge is 2.18. The Bertz CT molecular complexity index is 1260. The lowest BCUT2D eigenvalue weighted by Crippen LogP contribution is -2.31. The Balaban J connectivity index is 1.95. The van der Waals surface area contributed by atoms with Gasteiger partial charge in [0.05, 0.1) is 22.6 Å². The van der Waals surface area contributed by atoms with Crippen molar-refractivity contribution in [1.82, 2.24) is 5.32 Å².